The van der Waals surface area contributed by atoms with Crippen molar-refractivity contribution in [3.63, 3.8) is 0 Å². The molecule has 0 aliphatic rings. The molecule has 3 N–H and O–H groups in total. The molecule has 7 nitrogen and oxygen atoms in total. The first-order chi connectivity index (χ1) is 12.7. The van der Waals surface area contributed by atoms with Gasteiger partial charge in [0, 0.05) is 58.4 Å². The van der Waals surface area contributed by atoms with Gasteiger partial charge in [-0.1, -0.05) is 0 Å². The molecule has 0 radical (unpaired) electrons. The Morgan fingerprint density at radius 2 is 2.00 bits per heavy atom. The van der Waals surface area contributed by atoms with E-state index < -0.39 is 24.0 Å². The number of rotatable bonds is 7. The van der Waals surface area contributed by atoms with Crippen LogP contribution in [-0.4, -0.2) is 44.5 Å². The van der Waals surface area contributed by atoms with Gasteiger partial charge in [-0.15, -0.1) is 0 Å². The summed E-state index contributed by atoms with van der Waals surface area (Å²) in [7, 11) is 3.31. The molecule has 0 fully saturated rings. The average molecular weight is 386 g/mol. The first-order valence-electron chi connectivity index (χ1n) is 8.57. The molecule has 10 heteroatoms. The van der Waals surface area contributed by atoms with Crippen LogP contribution in [0.3, 0.4) is 0 Å². The highest BCUT2D eigenvalue weighted by Crippen LogP contribution is 2.40. The molecule has 0 aromatic carbocycles. The highest BCUT2D eigenvalue weighted by atomic mass is 19.4. The molecular formula is C17H25F3N6O. The summed E-state index contributed by atoms with van der Waals surface area (Å²) in [6, 6.07) is 1.91. The van der Waals surface area contributed by atoms with Crippen LogP contribution in [-0.2, 0) is 26.2 Å². The maximum absolute atomic E-state index is 13.5. The highest BCUT2D eigenvalue weighted by molar-refractivity contribution is 5.79. The summed E-state index contributed by atoms with van der Waals surface area (Å²) in [4.78, 5) is 8.04. The number of imidazole rings is 1. The average Bonchev–Trinajstić information content (AvgIpc) is 3.19. The van der Waals surface area contributed by atoms with Gasteiger partial charge in [0.15, 0.2) is 5.96 Å². The molecule has 0 amide bonds. The Hall–Kier alpha value is -2.49. The van der Waals surface area contributed by atoms with Crippen molar-refractivity contribution in [3.8, 4) is 0 Å². The van der Waals surface area contributed by atoms with Crippen LogP contribution in [0.1, 0.15) is 24.7 Å². The Labute approximate surface area is 155 Å². The smallest absolute Gasteiger partial charge is 0.374 e. The summed E-state index contributed by atoms with van der Waals surface area (Å²) in [6.07, 6.45) is 0.943. The van der Waals surface area contributed by atoms with Gasteiger partial charge >= 0.3 is 6.18 Å². The molecule has 0 saturated heterocycles. The number of hydrogen-bond donors (Lipinski definition) is 3. The second-order valence-corrected chi connectivity index (χ2v) is 6.28. The Bertz CT molecular complexity index is 767. The van der Waals surface area contributed by atoms with Gasteiger partial charge < -0.3 is 24.9 Å². The quantitative estimate of drug-likeness (QED) is 0.500. The van der Waals surface area contributed by atoms with E-state index in [9.17, 15) is 18.3 Å². The molecular weight excluding hydrogens is 361 g/mol. The zero-order valence-electron chi connectivity index (χ0n) is 15.6. The van der Waals surface area contributed by atoms with E-state index in [4.69, 9.17) is 0 Å². The molecule has 0 aliphatic carbocycles. The number of nitrogens with zero attached hydrogens (tertiary/aromatic N) is 4. The lowest BCUT2D eigenvalue weighted by atomic mass is 9.97. The second-order valence-electron chi connectivity index (χ2n) is 6.28. The first kappa shape index (κ1) is 20.8. The number of guanidine groups is 1. The molecule has 0 aliphatic heterocycles. The van der Waals surface area contributed by atoms with E-state index >= 15 is 0 Å². The number of nitrogens with one attached hydrogen (secondary N) is 2. The van der Waals surface area contributed by atoms with Crippen LogP contribution in [0.2, 0.25) is 0 Å². The van der Waals surface area contributed by atoms with Gasteiger partial charge in [0.1, 0.15) is 5.82 Å². The van der Waals surface area contributed by atoms with Crippen LogP contribution >= 0.6 is 0 Å². The third kappa shape index (κ3) is 5.03. The lowest BCUT2D eigenvalue weighted by molar-refractivity contribution is -0.272. The van der Waals surface area contributed by atoms with Crippen LogP contribution in [0.5, 0.6) is 0 Å². The topological polar surface area (TPSA) is 79.4 Å². The minimum atomic E-state index is -4.85. The van der Waals surface area contributed by atoms with Gasteiger partial charge in [-0.05, 0) is 18.6 Å². The van der Waals surface area contributed by atoms with E-state index in [1.807, 2.05) is 37.0 Å². The van der Waals surface area contributed by atoms with Crippen LogP contribution < -0.4 is 10.6 Å². The van der Waals surface area contributed by atoms with Crippen LogP contribution in [0.4, 0.5) is 13.2 Å². The fraction of sp³-hybridized carbons (Fsp3) is 0.529. The first-order valence-corrected chi connectivity index (χ1v) is 8.57. The number of alkyl halides is 3. The molecule has 2 aromatic heterocycles. The lowest BCUT2D eigenvalue weighted by Crippen LogP contribution is -2.47. The molecule has 2 rings (SSSR count). The lowest BCUT2D eigenvalue weighted by Gasteiger charge is -2.30. The Morgan fingerprint density at radius 3 is 2.52 bits per heavy atom. The van der Waals surface area contributed by atoms with Crippen molar-refractivity contribution in [3.05, 3.63) is 42.2 Å². The van der Waals surface area contributed by atoms with E-state index in [2.05, 4.69) is 20.6 Å². The van der Waals surface area contributed by atoms with Gasteiger partial charge in [-0.3, -0.25) is 0 Å². The van der Waals surface area contributed by atoms with Crippen molar-refractivity contribution >= 4 is 5.96 Å². The van der Waals surface area contributed by atoms with E-state index in [1.54, 1.807) is 0 Å². The largest absolute Gasteiger partial charge is 0.424 e. The summed E-state index contributed by atoms with van der Waals surface area (Å²) < 4.78 is 43.6. The fourth-order valence-corrected chi connectivity index (χ4v) is 2.67. The number of hydrogen-bond acceptors (Lipinski definition) is 3. The van der Waals surface area contributed by atoms with Crippen molar-refractivity contribution < 1.29 is 18.3 Å². The van der Waals surface area contributed by atoms with E-state index in [0.717, 1.165) is 5.56 Å². The zero-order chi connectivity index (χ0) is 20.1. The van der Waals surface area contributed by atoms with Gasteiger partial charge in [-0.2, -0.15) is 13.2 Å². The molecule has 0 spiro atoms. The number of aryl methyl sites for hydroxylation is 2. The summed E-state index contributed by atoms with van der Waals surface area (Å²) in [5, 5.41) is 16.2. The molecule has 27 heavy (non-hydrogen) atoms. The minimum absolute atomic E-state index is 0.135. The maximum Gasteiger partial charge on any atom is 0.424 e. The molecule has 150 valence electrons. The molecule has 1 atom stereocenters. The van der Waals surface area contributed by atoms with Gasteiger partial charge in [-0.25, -0.2) is 9.98 Å². The maximum atomic E-state index is 13.5. The Balaban J connectivity index is 2.05. The number of aliphatic imine (C=N–C) groups is 1. The molecule has 0 bridgehead atoms. The van der Waals surface area contributed by atoms with Crippen LogP contribution in [0, 0.1) is 0 Å². The van der Waals surface area contributed by atoms with Crippen molar-refractivity contribution in [2.24, 2.45) is 19.1 Å². The summed E-state index contributed by atoms with van der Waals surface area (Å²) in [6.45, 7) is 2.67. The van der Waals surface area contributed by atoms with Gasteiger partial charge in [0.05, 0.1) is 6.54 Å². The van der Waals surface area contributed by atoms with Crippen molar-refractivity contribution in [2.75, 3.05) is 13.1 Å². The molecule has 2 heterocycles. The Morgan fingerprint density at radius 1 is 1.26 bits per heavy atom. The van der Waals surface area contributed by atoms with E-state index in [-0.39, 0.29) is 6.54 Å². The molecule has 2 aromatic rings. The van der Waals surface area contributed by atoms with E-state index in [0.29, 0.717) is 19.0 Å². The highest BCUT2D eigenvalue weighted by Gasteiger charge is 2.57. The van der Waals surface area contributed by atoms with Crippen molar-refractivity contribution in [1.29, 1.82) is 0 Å². The number of aliphatic hydroxyl groups is 1. The molecule has 0 saturated carbocycles. The predicted molar refractivity (Wildman–Crippen MR) is 96.0 cm³/mol. The monoisotopic (exact) mass is 386 g/mol. The van der Waals surface area contributed by atoms with Crippen LogP contribution in [0.25, 0.3) is 0 Å². The fourth-order valence-electron chi connectivity index (χ4n) is 2.67. The number of aromatic nitrogens is 3. The van der Waals surface area contributed by atoms with Gasteiger partial charge in [0.2, 0.25) is 5.60 Å². The predicted octanol–water partition coefficient (Wildman–Crippen LogP) is 1.65. The standard InChI is InChI=1S/C17H25F3N6O/c1-4-21-15(24-11-13-5-9-25(2)12-13)23-7-6-16(27,17(18,19)20)14-22-8-10-26(14)3/h5,8-10,12,27H,4,6-7,11H2,1-3H3,(H2,21,23,24). The third-order valence-corrected chi connectivity index (χ3v) is 4.10. The second kappa shape index (κ2) is 8.47. The zero-order valence-corrected chi connectivity index (χ0v) is 15.6. The van der Waals surface area contributed by atoms with Crippen LogP contribution in [0.15, 0.2) is 35.8 Å². The van der Waals surface area contributed by atoms with Crippen molar-refractivity contribution in [2.45, 2.75) is 31.7 Å². The Kier molecular flexibility index (Phi) is 6.53. The van der Waals surface area contributed by atoms with Crippen molar-refractivity contribution in [1.82, 2.24) is 24.8 Å². The summed E-state index contributed by atoms with van der Waals surface area (Å²) >= 11 is 0. The summed E-state index contributed by atoms with van der Waals surface area (Å²) in [5.74, 6) is -0.0613. The third-order valence-electron chi connectivity index (χ3n) is 4.10. The van der Waals surface area contributed by atoms with Gasteiger partial charge in [0.25, 0.3) is 0 Å². The normalized spacial score (nSPS) is 14.9. The van der Waals surface area contributed by atoms with E-state index in [1.165, 1.54) is 24.0 Å². The summed E-state index contributed by atoms with van der Waals surface area (Å²) in [5.41, 5.74) is -2.07. The minimum Gasteiger partial charge on any atom is -0.374 e. The number of halogens is 3. The molecule has 1 unspecified atom stereocenters. The SMILES string of the molecule is CCNC(=NCc1ccn(C)c1)NCCC(O)(c1nccn1C)C(F)(F)F.